The molecule has 1 aliphatic rings. The predicted octanol–water partition coefficient (Wildman–Crippen LogP) is 3.36. The molecule has 28 heavy (non-hydrogen) atoms. The average Bonchev–Trinajstić information content (AvgIpc) is 3.23. The lowest BCUT2D eigenvalue weighted by atomic mass is 10.1. The van der Waals surface area contributed by atoms with Gasteiger partial charge in [0.05, 0.1) is 11.6 Å². The van der Waals surface area contributed by atoms with Crippen molar-refractivity contribution in [1.29, 1.82) is 0 Å². The van der Waals surface area contributed by atoms with Gasteiger partial charge in [0.1, 0.15) is 6.61 Å². The van der Waals surface area contributed by atoms with Gasteiger partial charge in [-0.1, -0.05) is 30.3 Å². The first-order valence-electron chi connectivity index (χ1n) is 9.62. The van der Waals surface area contributed by atoms with Gasteiger partial charge in [-0.15, -0.1) is 0 Å². The van der Waals surface area contributed by atoms with Gasteiger partial charge in [0.15, 0.2) is 0 Å². The standard InChI is InChI=1S/C22H27N3O3/c1-16(17-8-4-3-5-9-17)23-22(27)19-14-18(24-21(26)15-28-2)10-11-20(19)25-12-6-7-13-25/h3-5,8-11,14,16H,6-7,12-13,15H2,1-2H3,(H,23,27)(H,24,26). The molecule has 1 fully saturated rings. The molecule has 0 aromatic heterocycles. The summed E-state index contributed by atoms with van der Waals surface area (Å²) in [7, 11) is 1.47. The minimum absolute atomic E-state index is 0.0273. The number of carbonyl (C=O) groups is 2. The highest BCUT2D eigenvalue weighted by Gasteiger charge is 2.21. The Morgan fingerprint density at radius 3 is 2.50 bits per heavy atom. The van der Waals surface area contributed by atoms with Crippen LogP contribution in [-0.4, -0.2) is 38.6 Å². The summed E-state index contributed by atoms with van der Waals surface area (Å²) in [6.45, 7) is 3.81. The second kappa shape index (κ2) is 9.37. The topological polar surface area (TPSA) is 70.7 Å². The number of hydrogen-bond donors (Lipinski definition) is 2. The maximum Gasteiger partial charge on any atom is 0.253 e. The number of anilines is 2. The largest absolute Gasteiger partial charge is 0.375 e. The summed E-state index contributed by atoms with van der Waals surface area (Å²) in [4.78, 5) is 27.2. The summed E-state index contributed by atoms with van der Waals surface area (Å²) in [5, 5.41) is 5.86. The minimum atomic E-state index is -0.250. The number of ether oxygens (including phenoxy) is 1. The van der Waals surface area contributed by atoms with Crippen LogP contribution >= 0.6 is 0 Å². The number of amides is 2. The maximum absolute atomic E-state index is 13.1. The van der Waals surface area contributed by atoms with Crippen LogP contribution < -0.4 is 15.5 Å². The molecule has 1 heterocycles. The molecule has 0 radical (unpaired) electrons. The van der Waals surface area contributed by atoms with E-state index >= 15 is 0 Å². The van der Waals surface area contributed by atoms with Gasteiger partial charge < -0.3 is 20.3 Å². The molecule has 2 aromatic rings. The van der Waals surface area contributed by atoms with Crippen LogP contribution in [0.4, 0.5) is 11.4 Å². The van der Waals surface area contributed by atoms with Crippen molar-refractivity contribution in [2.24, 2.45) is 0 Å². The van der Waals surface area contributed by atoms with Crippen LogP contribution in [-0.2, 0) is 9.53 Å². The third-order valence-corrected chi connectivity index (χ3v) is 4.89. The number of benzene rings is 2. The van der Waals surface area contributed by atoms with Crippen LogP contribution in [0.25, 0.3) is 0 Å². The fraction of sp³-hybridized carbons (Fsp3) is 0.364. The van der Waals surface area contributed by atoms with Crippen molar-refractivity contribution >= 4 is 23.2 Å². The highest BCUT2D eigenvalue weighted by molar-refractivity contribution is 6.02. The Morgan fingerprint density at radius 1 is 1.11 bits per heavy atom. The van der Waals surface area contributed by atoms with Crippen LogP contribution in [0.2, 0.25) is 0 Å². The van der Waals surface area contributed by atoms with E-state index in [1.54, 1.807) is 6.07 Å². The average molecular weight is 381 g/mol. The number of carbonyl (C=O) groups excluding carboxylic acids is 2. The normalized spacial score (nSPS) is 14.6. The van der Waals surface area contributed by atoms with Crippen molar-refractivity contribution in [2.75, 3.05) is 37.0 Å². The van der Waals surface area contributed by atoms with Crippen molar-refractivity contribution in [3.05, 3.63) is 59.7 Å². The molecule has 2 N–H and O–H groups in total. The molecule has 0 saturated carbocycles. The summed E-state index contributed by atoms with van der Waals surface area (Å²) in [5.74, 6) is -0.401. The van der Waals surface area contributed by atoms with Crippen LogP contribution in [0, 0.1) is 0 Å². The molecule has 6 nitrogen and oxygen atoms in total. The summed E-state index contributed by atoms with van der Waals surface area (Å²) < 4.78 is 4.86. The highest BCUT2D eigenvalue weighted by Crippen LogP contribution is 2.28. The number of hydrogen-bond acceptors (Lipinski definition) is 4. The minimum Gasteiger partial charge on any atom is -0.375 e. The second-order valence-corrected chi connectivity index (χ2v) is 7.01. The van der Waals surface area contributed by atoms with E-state index < -0.39 is 0 Å². The Hall–Kier alpha value is -2.86. The predicted molar refractivity (Wildman–Crippen MR) is 111 cm³/mol. The van der Waals surface area contributed by atoms with Gasteiger partial charge in [-0.3, -0.25) is 9.59 Å². The van der Waals surface area contributed by atoms with E-state index in [2.05, 4.69) is 15.5 Å². The Kier molecular flexibility index (Phi) is 6.66. The van der Waals surface area contributed by atoms with Gasteiger partial charge in [-0.25, -0.2) is 0 Å². The first-order valence-corrected chi connectivity index (χ1v) is 9.62. The van der Waals surface area contributed by atoms with Gasteiger partial charge in [-0.2, -0.15) is 0 Å². The first kappa shape index (κ1) is 19.9. The molecule has 0 bridgehead atoms. The first-order chi connectivity index (χ1) is 13.6. The number of nitrogens with zero attached hydrogens (tertiary/aromatic N) is 1. The van der Waals surface area contributed by atoms with E-state index in [0.717, 1.165) is 37.2 Å². The zero-order chi connectivity index (χ0) is 19.9. The molecule has 3 rings (SSSR count). The van der Waals surface area contributed by atoms with Crippen LogP contribution in [0.1, 0.15) is 41.7 Å². The smallest absolute Gasteiger partial charge is 0.253 e. The second-order valence-electron chi connectivity index (χ2n) is 7.01. The van der Waals surface area contributed by atoms with Crippen molar-refractivity contribution < 1.29 is 14.3 Å². The monoisotopic (exact) mass is 381 g/mol. The third-order valence-electron chi connectivity index (χ3n) is 4.89. The lowest BCUT2D eigenvalue weighted by Crippen LogP contribution is -2.29. The van der Waals surface area contributed by atoms with Crippen LogP contribution in [0.15, 0.2) is 48.5 Å². The van der Waals surface area contributed by atoms with Gasteiger partial charge >= 0.3 is 0 Å². The quantitative estimate of drug-likeness (QED) is 0.772. The SMILES string of the molecule is COCC(=O)Nc1ccc(N2CCCC2)c(C(=O)NC(C)c2ccccc2)c1. The van der Waals surface area contributed by atoms with Crippen LogP contribution in [0.3, 0.4) is 0 Å². The van der Waals surface area contributed by atoms with E-state index in [9.17, 15) is 9.59 Å². The highest BCUT2D eigenvalue weighted by atomic mass is 16.5. The summed E-state index contributed by atoms with van der Waals surface area (Å²) in [6, 6.07) is 15.2. The number of nitrogens with one attached hydrogen (secondary N) is 2. The number of methoxy groups -OCH3 is 1. The Bertz CT molecular complexity index is 817. The van der Waals surface area contributed by atoms with Gasteiger partial charge in [0, 0.05) is 31.6 Å². The van der Waals surface area contributed by atoms with E-state index in [4.69, 9.17) is 4.74 Å². The molecule has 0 spiro atoms. The molecule has 2 aromatic carbocycles. The molecule has 1 aliphatic heterocycles. The van der Waals surface area contributed by atoms with Crippen molar-refractivity contribution in [2.45, 2.75) is 25.8 Å². The zero-order valence-corrected chi connectivity index (χ0v) is 16.4. The molecule has 0 aliphatic carbocycles. The summed E-state index contributed by atoms with van der Waals surface area (Å²) in [6.07, 6.45) is 2.24. The van der Waals surface area contributed by atoms with E-state index in [-0.39, 0.29) is 24.5 Å². The fourth-order valence-electron chi connectivity index (χ4n) is 3.46. The molecule has 2 amide bonds. The van der Waals surface area contributed by atoms with Gasteiger partial charge in [0.2, 0.25) is 5.91 Å². The molecule has 6 heteroatoms. The Labute approximate surface area is 165 Å². The van der Waals surface area contributed by atoms with Crippen molar-refractivity contribution in [3.63, 3.8) is 0 Å². The molecule has 1 unspecified atom stereocenters. The molecular weight excluding hydrogens is 354 g/mol. The van der Waals surface area contributed by atoms with E-state index in [0.29, 0.717) is 11.3 Å². The summed E-state index contributed by atoms with van der Waals surface area (Å²) >= 11 is 0. The van der Waals surface area contributed by atoms with Crippen LogP contribution in [0.5, 0.6) is 0 Å². The fourth-order valence-corrected chi connectivity index (χ4v) is 3.46. The lowest BCUT2D eigenvalue weighted by molar-refractivity contribution is -0.119. The third kappa shape index (κ3) is 4.89. The maximum atomic E-state index is 13.1. The van der Waals surface area contributed by atoms with Gasteiger partial charge in [-0.05, 0) is 43.5 Å². The molecular formula is C22H27N3O3. The molecule has 1 atom stereocenters. The molecule has 148 valence electrons. The van der Waals surface area contributed by atoms with Gasteiger partial charge in [0.25, 0.3) is 5.91 Å². The van der Waals surface area contributed by atoms with E-state index in [1.807, 2.05) is 49.4 Å². The summed E-state index contributed by atoms with van der Waals surface area (Å²) in [5.41, 5.74) is 3.10. The zero-order valence-electron chi connectivity index (χ0n) is 16.4. The van der Waals surface area contributed by atoms with E-state index in [1.165, 1.54) is 7.11 Å². The Balaban J connectivity index is 1.84. The molecule has 1 saturated heterocycles. The van der Waals surface area contributed by atoms with Crippen molar-refractivity contribution in [3.8, 4) is 0 Å². The lowest BCUT2D eigenvalue weighted by Gasteiger charge is -2.23. The Morgan fingerprint density at radius 2 is 1.82 bits per heavy atom. The number of rotatable bonds is 7. The van der Waals surface area contributed by atoms with Crippen molar-refractivity contribution in [1.82, 2.24) is 5.32 Å².